The zero-order valence-electron chi connectivity index (χ0n) is 20.3. The van der Waals surface area contributed by atoms with Gasteiger partial charge in [0, 0.05) is 19.7 Å². The number of hydrogen-bond acceptors (Lipinski definition) is 3. The van der Waals surface area contributed by atoms with Gasteiger partial charge in [0.1, 0.15) is 0 Å². The highest BCUT2D eigenvalue weighted by Crippen LogP contribution is 2.29. The van der Waals surface area contributed by atoms with Crippen molar-refractivity contribution >= 4 is 11.6 Å². The first-order valence-corrected chi connectivity index (χ1v) is 11.9. The minimum absolute atomic E-state index is 0. The predicted octanol–water partition coefficient (Wildman–Crippen LogP) is 2.91. The molecule has 8 N–H and O–H groups in total. The molecule has 3 aliphatic rings. The quantitative estimate of drug-likeness (QED) is 0.603. The number of aliphatic hydroxyl groups is 1. The van der Waals surface area contributed by atoms with E-state index in [0.29, 0.717) is 12.0 Å². The summed E-state index contributed by atoms with van der Waals surface area (Å²) in [5, 5.41) is 10.7. The predicted molar refractivity (Wildman–Crippen MR) is 135 cm³/mol. The second kappa shape index (κ2) is 21.4. The highest BCUT2D eigenvalue weighted by atomic mass is 35.5. The van der Waals surface area contributed by atoms with Crippen LogP contribution < -0.4 is 5.32 Å². The van der Waals surface area contributed by atoms with Crippen LogP contribution in [-0.2, 0) is 0 Å². The zero-order valence-corrected chi connectivity index (χ0v) is 21.1. The molecule has 1 saturated carbocycles. The summed E-state index contributed by atoms with van der Waals surface area (Å²) in [7, 11) is 3.08. The second-order valence-electron chi connectivity index (χ2n) is 8.65. The van der Waals surface area contributed by atoms with Gasteiger partial charge in [-0.05, 0) is 56.8 Å². The van der Waals surface area contributed by atoms with E-state index >= 15 is 0 Å². The van der Waals surface area contributed by atoms with Gasteiger partial charge in [-0.25, -0.2) is 0 Å². The van der Waals surface area contributed by atoms with Gasteiger partial charge in [-0.15, -0.1) is 11.6 Å². The largest absolute Gasteiger partial charge is 0.412 e. The van der Waals surface area contributed by atoms with E-state index in [-0.39, 0.29) is 21.8 Å². The second-order valence-corrected chi connectivity index (χ2v) is 9.21. The first-order valence-electron chi connectivity index (χ1n) is 11.5. The van der Waals surface area contributed by atoms with E-state index in [9.17, 15) is 0 Å². The monoisotopic (exact) mass is 466 g/mol. The Hall–Kier alpha value is -0.470. The van der Waals surface area contributed by atoms with Gasteiger partial charge >= 0.3 is 0 Å². The van der Waals surface area contributed by atoms with E-state index in [4.69, 9.17) is 16.7 Å². The molecule has 0 aromatic carbocycles. The number of likely N-dealkylation sites (tertiary alicyclic amines) is 1. The van der Waals surface area contributed by atoms with Crippen molar-refractivity contribution in [2.45, 2.75) is 83.1 Å². The molecular weight excluding hydrogens is 416 g/mol. The van der Waals surface area contributed by atoms with Crippen molar-refractivity contribution in [1.82, 2.24) is 10.2 Å². The third-order valence-corrected chi connectivity index (χ3v) is 6.59. The third-order valence-electron chi connectivity index (χ3n) is 6.27. The topological polar surface area (TPSA) is 130 Å². The van der Waals surface area contributed by atoms with Gasteiger partial charge in [0.05, 0.1) is 5.38 Å². The van der Waals surface area contributed by atoms with Gasteiger partial charge in [-0.2, -0.15) is 0 Å². The first-order chi connectivity index (χ1) is 13.6. The van der Waals surface area contributed by atoms with E-state index in [1.807, 2.05) is 0 Å². The van der Waals surface area contributed by atoms with E-state index < -0.39 is 0 Å². The molecule has 1 heterocycles. The number of hydrogen-bond donors (Lipinski definition) is 2. The van der Waals surface area contributed by atoms with Crippen molar-refractivity contribution in [1.29, 1.82) is 0 Å². The molecule has 1 unspecified atom stereocenters. The number of rotatable bonds is 5. The lowest BCUT2D eigenvalue weighted by Crippen LogP contribution is -2.45. The molecular formula is C24H51ClN2O4. The molecule has 0 aromatic rings. The van der Waals surface area contributed by atoms with Crippen molar-refractivity contribution in [3.63, 3.8) is 0 Å². The molecule has 3 rings (SSSR count). The van der Waals surface area contributed by atoms with Gasteiger partial charge in [-0.3, -0.25) is 0 Å². The number of halogens is 1. The Balaban J connectivity index is -0.000000611. The maximum Gasteiger partial charge on any atom is 0.0553 e. The van der Waals surface area contributed by atoms with E-state index in [0.717, 1.165) is 19.4 Å². The van der Waals surface area contributed by atoms with Crippen molar-refractivity contribution < 1.29 is 21.5 Å². The Bertz CT molecular complexity index is 437. The minimum atomic E-state index is 0. The maximum atomic E-state index is 7.00. The standard InChI is InChI=1S/C17H29ClN2.C6H12.CH4O.3H2O/c1-13(2)17(19-3)12-20-10-8-15(9-11-20)14-4-6-16(18)7-5-14;1-2-4-6-5-3-1;1-2;;;/h4-6,13,15-17,19H,7-12H2,1-3H3;1-6H2;2H,1H3;3*1H2/t16?,17-;;;;;/m0...../s1. The van der Waals surface area contributed by atoms with Crippen LogP contribution in [0.4, 0.5) is 0 Å². The molecule has 0 radical (unpaired) electrons. The summed E-state index contributed by atoms with van der Waals surface area (Å²) in [6.07, 6.45) is 19.3. The fourth-order valence-corrected chi connectivity index (χ4v) is 4.50. The van der Waals surface area contributed by atoms with E-state index in [1.165, 1.54) is 76.6 Å². The van der Waals surface area contributed by atoms with Crippen LogP contribution in [0.3, 0.4) is 0 Å². The number of nitrogens with one attached hydrogen (secondary N) is 1. The molecule has 1 saturated heterocycles. The van der Waals surface area contributed by atoms with Crippen molar-refractivity contribution in [3.8, 4) is 0 Å². The molecule has 1 aliphatic heterocycles. The van der Waals surface area contributed by atoms with Crippen LogP contribution in [-0.4, -0.2) is 71.6 Å². The number of nitrogens with zero attached hydrogens (tertiary/aromatic N) is 1. The van der Waals surface area contributed by atoms with E-state index in [2.05, 4.69) is 49.3 Å². The van der Waals surface area contributed by atoms with Crippen LogP contribution in [0.15, 0.2) is 23.8 Å². The molecule has 0 amide bonds. The van der Waals surface area contributed by atoms with Gasteiger partial charge in [0.15, 0.2) is 0 Å². The Morgan fingerprint density at radius 3 is 1.84 bits per heavy atom. The minimum Gasteiger partial charge on any atom is -0.412 e. The molecule has 0 spiro atoms. The molecule has 6 nitrogen and oxygen atoms in total. The molecule has 2 atom stereocenters. The normalized spacial score (nSPS) is 22.2. The van der Waals surface area contributed by atoms with E-state index in [1.54, 1.807) is 0 Å². The van der Waals surface area contributed by atoms with Crippen LogP contribution in [0.5, 0.6) is 0 Å². The molecule has 31 heavy (non-hydrogen) atoms. The van der Waals surface area contributed by atoms with Gasteiger partial charge < -0.3 is 31.8 Å². The number of alkyl halides is 1. The summed E-state index contributed by atoms with van der Waals surface area (Å²) in [4.78, 5) is 2.62. The Morgan fingerprint density at radius 1 is 1.00 bits per heavy atom. The number of aliphatic hydroxyl groups excluding tert-OH is 1. The van der Waals surface area contributed by atoms with Crippen molar-refractivity contribution in [2.75, 3.05) is 33.8 Å². The van der Waals surface area contributed by atoms with Gasteiger partial charge in [0.2, 0.25) is 0 Å². The van der Waals surface area contributed by atoms with Crippen LogP contribution >= 0.6 is 11.6 Å². The average Bonchev–Trinajstić information content (AvgIpc) is 2.76. The summed E-state index contributed by atoms with van der Waals surface area (Å²) in [6, 6.07) is 0.609. The number of allylic oxidation sites excluding steroid dienone is 4. The van der Waals surface area contributed by atoms with Crippen LogP contribution in [0.1, 0.15) is 71.6 Å². The van der Waals surface area contributed by atoms with Crippen LogP contribution in [0.2, 0.25) is 0 Å². The first kappa shape index (κ1) is 35.1. The maximum absolute atomic E-state index is 7.00. The fraction of sp³-hybridized carbons (Fsp3) is 0.833. The lowest BCUT2D eigenvalue weighted by molar-refractivity contribution is 0.170. The van der Waals surface area contributed by atoms with Gasteiger partial charge in [0.25, 0.3) is 0 Å². The van der Waals surface area contributed by atoms with Crippen molar-refractivity contribution in [2.24, 2.45) is 11.8 Å². The Morgan fingerprint density at radius 2 is 1.48 bits per heavy atom. The summed E-state index contributed by atoms with van der Waals surface area (Å²) >= 11 is 6.10. The Kier molecular flexibility index (Phi) is 24.2. The summed E-state index contributed by atoms with van der Waals surface area (Å²) in [5.41, 5.74) is 1.52. The SMILES string of the molecule is C1CCCCC1.CN[C@@H](CN1CCC(C2=CCC(Cl)C=C2)CC1)C(C)C.CO.O.O.O. The molecule has 7 heteroatoms. The summed E-state index contributed by atoms with van der Waals surface area (Å²) < 4.78 is 0. The van der Waals surface area contributed by atoms with Gasteiger partial charge in [-0.1, -0.05) is 70.6 Å². The molecule has 2 aliphatic carbocycles. The van der Waals surface area contributed by atoms with Crippen LogP contribution in [0.25, 0.3) is 0 Å². The molecule has 0 aromatic heterocycles. The summed E-state index contributed by atoms with van der Waals surface area (Å²) in [5.74, 6) is 1.45. The zero-order chi connectivity index (χ0) is 20.8. The van der Waals surface area contributed by atoms with Crippen molar-refractivity contribution in [3.05, 3.63) is 23.8 Å². The lowest BCUT2D eigenvalue weighted by atomic mass is 9.86. The highest BCUT2D eigenvalue weighted by Gasteiger charge is 2.24. The molecule has 2 fully saturated rings. The lowest BCUT2D eigenvalue weighted by Gasteiger charge is -2.36. The smallest absolute Gasteiger partial charge is 0.0553 e. The molecule has 188 valence electrons. The average molecular weight is 467 g/mol. The number of piperidine rings is 1. The third kappa shape index (κ3) is 14.3. The molecule has 0 bridgehead atoms. The fourth-order valence-electron chi connectivity index (χ4n) is 4.34. The summed E-state index contributed by atoms with van der Waals surface area (Å²) in [6.45, 7) is 8.23. The number of likely N-dealkylation sites (N-methyl/N-ethyl adjacent to an activating group) is 1. The van der Waals surface area contributed by atoms with Crippen LogP contribution in [0, 0.1) is 11.8 Å². The Labute approximate surface area is 196 Å². The highest BCUT2D eigenvalue weighted by molar-refractivity contribution is 6.22.